The van der Waals surface area contributed by atoms with Crippen LogP contribution in [0, 0.1) is 5.92 Å². The third-order valence-corrected chi connectivity index (χ3v) is 9.10. The number of rotatable bonds is 3. The van der Waals surface area contributed by atoms with E-state index < -0.39 is 44.5 Å². The van der Waals surface area contributed by atoms with Gasteiger partial charge in [-0.2, -0.15) is 17.5 Å². The van der Waals surface area contributed by atoms with E-state index in [1.165, 1.54) is 0 Å². The first-order chi connectivity index (χ1) is 18.3. The molecule has 210 valence electrons. The van der Waals surface area contributed by atoms with Gasteiger partial charge < -0.3 is 16.0 Å². The van der Waals surface area contributed by atoms with Gasteiger partial charge in [-0.1, -0.05) is 32.0 Å². The Morgan fingerprint density at radius 1 is 1.08 bits per heavy atom. The van der Waals surface area contributed by atoms with Crippen molar-refractivity contribution in [3.05, 3.63) is 59.7 Å². The molecule has 0 aliphatic carbocycles. The van der Waals surface area contributed by atoms with Gasteiger partial charge in [0.1, 0.15) is 17.5 Å². The molecule has 3 aliphatic heterocycles. The highest BCUT2D eigenvalue weighted by atomic mass is 32.2. The van der Waals surface area contributed by atoms with Gasteiger partial charge in [0.05, 0.1) is 16.6 Å². The van der Waals surface area contributed by atoms with Gasteiger partial charge >= 0.3 is 6.18 Å². The molecular weight excluding hydrogens is 533 g/mol. The first kappa shape index (κ1) is 27.4. The van der Waals surface area contributed by atoms with Crippen LogP contribution >= 0.6 is 0 Å². The summed E-state index contributed by atoms with van der Waals surface area (Å²) >= 11 is 0. The van der Waals surface area contributed by atoms with E-state index in [0.29, 0.717) is 18.4 Å². The molecule has 13 heteroatoms. The number of alkyl halides is 3. The predicted octanol–water partition coefficient (Wildman–Crippen LogP) is 2.67. The second kappa shape index (κ2) is 9.79. The fourth-order valence-electron chi connectivity index (χ4n) is 5.26. The number of aliphatic imine (C=N–C) groups is 1. The Morgan fingerprint density at radius 2 is 1.82 bits per heavy atom. The standard InChI is InChI=1S/C26H31F3N6O3S/c1-16(2)22-24(36)30-21-14-35(39(37,38)18-8-6-7-17(13-18)26(27,28)29)12-11-34(21)15-25(3)32-20-10-5-4-9-19(20)23(31-22)33-25/h4-10,13,16,21-22,32H,11-12,14-15H2,1-3H3,(H,30,36)(H,31,33)/t21?,22-,25+/m0/s1. The maximum absolute atomic E-state index is 13.5. The number of fused-ring (bicyclic) bond motifs is 5. The van der Waals surface area contributed by atoms with E-state index in [4.69, 9.17) is 4.99 Å². The summed E-state index contributed by atoms with van der Waals surface area (Å²) in [4.78, 5) is 19.8. The number of carbonyl (C=O) groups is 1. The van der Waals surface area contributed by atoms with E-state index in [9.17, 15) is 26.4 Å². The van der Waals surface area contributed by atoms with Gasteiger partial charge in [-0.3, -0.25) is 14.7 Å². The number of para-hydroxylation sites is 1. The third kappa shape index (κ3) is 5.35. The molecule has 2 aromatic rings. The fourth-order valence-corrected chi connectivity index (χ4v) is 6.75. The van der Waals surface area contributed by atoms with E-state index in [1.807, 2.05) is 49.9 Å². The number of hydrogen-bond donors (Lipinski definition) is 3. The second-order valence-corrected chi connectivity index (χ2v) is 12.6. The number of amides is 1. The van der Waals surface area contributed by atoms with E-state index in [-0.39, 0.29) is 31.5 Å². The monoisotopic (exact) mass is 564 g/mol. The molecule has 3 aliphatic rings. The molecule has 3 N–H and O–H groups in total. The Hall–Kier alpha value is -3.16. The third-order valence-electron chi connectivity index (χ3n) is 7.24. The van der Waals surface area contributed by atoms with Gasteiger partial charge in [-0.05, 0) is 43.2 Å². The number of nitrogens with one attached hydrogen (secondary N) is 3. The van der Waals surface area contributed by atoms with Crippen molar-refractivity contribution in [1.82, 2.24) is 19.8 Å². The SMILES string of the molecule is CC(C)[C@@H]1N=C2N[C@](C)(CN3CCN(S(=O)(=O)c4cccc(C(F)(F)F)c4)CC3NC1=O)Nc1ccccc12. The average Bonchev–Trinajstić information content (AvgIpc) is 2.86. The van der Waals surface area contributed by atoms with Crippen LogP contribution in [-0.2, 0) is 21.0 Å². The van der Waals surface area contributed by atoms with Crippen LogP contribution in [0.2, 0.25) is 0 Å². The number of piperazine rings is 1. The summed E-state index contributed by atoms with van der Waals surface area (Å²) in [6, 6.07) is 10.6. The van der Waals surface area contributed by atoms with Crippen molar-refractivity contribution >= 4 is 27.5 Å². The van der Waals surface area contributed by atoms with Crippen molar-refractivity contribution in [1.29, 1.82) is 0 Å². The number of amidine groups is 1. The van der Waals surface area contributed by atoms with Crippen molar-refractivity contribution in [2.24, 2.45) is 10.9 Å². The maximum atomic E-state index is 13.5. The Kier molecular flexibility index (Phi) is 6.88. The summed E-state index contributed by atoms with van der Waals surface area (Å²) in [6.07, 6.45) is -5.39. The quantitative estimate of drug-likeness (QED) is 0.530. The number of benzene rings is 2. The fraction of sp³-hybridized carbons (Fsp3) is 0.462. The van der Waals surface area contributed by atoms with Crippen LogP contribution in [0.3, 0.4) is 0 Å². The lowest BCUT2D eigenvalue weighted by Crippen LogP contribution is -2.69. The smallest absolute Gasteiger partial charge is 0.361 e. The Balaban J connectivity index is 1.48. The number of anilines is 1. The summed E-state index contributed by atoms with van der Waals surface area (Å²) in [6.45, 7) is 6.29. The molecule has 2 aromatic carbocycles. The van der Waals surface area contributed by atoms with Gasteiger partial charge in [-0.15, -0.1) is 0 Å². The van der Waals surface area contributed by atoms with Crippen LogP contribution in [0.4, 0.5) is 18.9 Å². The summed E-state index contributed by atoms with van der Waals surface area (Å²) in [7, 11) is -4.26. The summed E-state index contributed by atoms with van der Waals surface area (Å²) < 4.78 is 67.8. The zero-order valence-electron chi connectivity index (χ0n) is 21.8. The first-order valence-corrected chi connectivity index (χ1v) is 14.2. The van der Waals surface area contributed by atoms with E-state index >= 15 is 0 Å². The molecule has 0 saturated carbocycles. The predicted molar refractivity (Wildman–Crippen MR) is 140 cm³/mol. The van der Waals surface area contributed by atoms with Crippen molar-refractivity contribution in [2.75, 3.05) is 31.5 Å². The van der Waals surface area contributed by atoms with Crippen molar-refractivity contribution in [3.63, 3.8) is 0 Å². The first-order valence-electron chi connectivity index (χ1n) is 12.7. The normalized spacial score (nSPS) is 26.4. The number of nitrogens with zero attached hydrogens (tertiary/aromatic N) is 3. The van der Waals surface area contributed by atoms with Crippen LogP contribution in [-0.4, -0.2) is 73.4 Å². The van der Waals surface area contributed by atoms with Gasteiger partial charge in [0.15, 0.2) is 0 Å². The molecule has 2 bridgehead atoms. The van der Waals surface area contributed by atoms with Crippen LogP contribution < -0.4 is 16.0 Å². The minimum absolute atomic E-state index is 0.0478. The molecule has 0 radical (unpaired) electrons. The summed E-state index contributed by atoms with van der Waals surface area (Å²) in [5.74, 6) is 0.0890. The van der Waals surface area contributed by atoms with Crippen molar-refractivity contribution in [2.45, 2.75) is 49.7 Å². The number of halogens is 3. The summed E-state index contributed by atoms with van der Waals surface area (Å²) in [5, 5.41) is 9.95. The lowest BCUT2D eigenvalue weighted by atomic mass is 9.99. The number of sulfonamides is 1. The Labute approximate surface area is 225 Å². The molecule has 1 fully saturated rings. The highest BCUT2D eigenvalue weighted by molar-refractivity contribution is 7.89. The molecule has 3 atom stereocenters. The molecule has 5 rings (SSSR count). The van der Waals surface area contributed by atoms with Gasteiger partial charge in [-0.25, -0.2) is 8.42 Å². The maximum Gasteiger partial charge on any atom is 0.416 e. The zero-order valence-corrected chi connectivity index (χ0v) is 22.6. The molecule has 9 nitrogen and oxygen atoms in total. The molecule has 1 amide bonds. The van der Waals surface area contributed by atoms with Gasteiger partial charge in [0.2, 0.25) is 15.9 Å². The zero-order chi connectivity index (χ0) is 28.2. The minimum atomic E-state index is -4.67. The highest BCUT2D eigenvalue weighted by Gasteiger charge is 2.43. The molecule has 0 spiro atoms. The Morgan fingerprint density at radius 3 is 2.54 bits per heavy atom. The van der Waals surface area contributed by atoms with E-state index in [1.54, 1.807) is 0 Å². The van der Waals surface area contributed by atoms with E-state index in [2.05, 4.69) is 16.0 Å². The molecule has 1 unspecified atom stereocenters. The minimum Gasteiger partial charge on any atom is -0.361 e. The second-order valence-electron chi connectivity index (χ2n) is 10.7. The van der Waals surface area contributed by atoms with Crippen LogP contribution in [0.1, 0.15) is 31.9 Å². The number of carbonyl (C=O) groups excluding carboxylic acids is 1. The van der Waals surface area contributed by atoms with Crippen LogP contribution in [0.25, 0.3) is 0 Å². The molecule has 1 saturated heterocycles. The largest absolute Gasteiger partial charge is 0.416 e. The highest BCUT2D eigenvalue weighted by Crippen LogP contribution is 2.32. The molecule has 0 aromatic heterocycles. The molecule has 39 heavy (non-hydrogen) atoms. The Bertz CT molecular complexity index is 1410. The van der Waals surface area contributed by atoms with Crippen LogP contribution in [0.15, 0.2) is 58.4 Å². The summed E-state index contributed by atoms with van der Waals surface area (Å²) in [5.41, 5.74) is -0.0203. The van der Waals surface area contributed by atoms with Crippen LogP contribution in [0.5, 0.6) is 0 Å². The van der Waals surface area contributed by atoms with Gasteiger partial charge in [0, 0.05) is 37.4 Å². The average molecular weight is 565 g/mol. The van der Waals surface area contributed by atoms with Gasteiger partial charge in [0.25, 0.3) is 0 Å². The topological polar surface area (TPSA) is 106 Å². The van der Waals surface area contributed by atoms with E-state index in [0.717, 1.165) is 33.8 Å². The molecular formula is C26H31F3N6O3S. The number of hydrogen-bond acceptors (Lipinski definition) is 7. The lowest BCUT2D eigenvalue weighted by molar-refractivity contribution is -0.137. The molecule has 3 heterocycles. The van der Waals surface area contributed by atoms with Crippen molar-refractivity contribution < 1.29 is 26.4 Å². The van der Waals surface area contributed by atoms with Crippen molar-refractivity contribution in [3.8, 4) is 0 Å². The lowest BCUT2D eigenvalue weighted by Gasteiger charge is -2.48.